The van der Waals surface area contributed by atoms with E-state index >= 15 is 0 Å². The molecule has 2 N–H and O–H groups in total. The van der Waals surface area contributed by atoms with Gasteiger partial charge in [0.05, 0.1) is 21.3 Å². The van der Waals surface area contributed by atoms with Gasteiger partial charge in [-0.15, -0.1) is 0 Å². The van der Waals surface area contributed by atoms with Crippen molar-refractivity contribution in [1.82, 2.24) is 20.4 Å². The summed E-state index contributed by atoms with van der Waals surface area (Å²) < 4.78 is 63.0. The third-order valence-corrected chi connectivity index (χ3v) is 12.2. The van der Waals surface area contributed by atoms with Crippen LogP contribution in [0, 0.1) is 0 Å². The van der Waals surface area contributed by atoms with Gasteiger partial charge in [-0.3, -0.25) is 20.4 Å². The Hall–Kier alpha value is -3.14. The van der Waals surface area contributed by atoms with Gasteiger partial charge in [-0.05, 0) is 49.9 Å². The molecule has 0 saturated carbocycles. The lowest BCUT2D eigenvalue weighted by Gasteiger charge is -2.42. The molecule has 14 heteroatoms. The number of carbonyl (C=O) groups is 2. The smallest absolute Gasteiger partial charge is 0.333 e. The number of benzene rings is 2. The molecule has 2 unspecified atom stereocenters. The van der Waals surface area contributed by atoms with Crippen LogP contribution in [-0.2, 0) is 38.7 Å². The van der Waals surface area contributed by atoms with Crippen LogP contribution in [0.25, 0.3) is 0 Å². The van der Waals surface area contributed by atoms with Crippen LogP contribution in [0.5, 0.6) is 0 Å². The Balaban J connectivity index is 1.39. The van der Waals surface area contributed by atoms with Crippen molar-refractivity contribution in [2.45, 2.75) is 73.9 Å². The number of hydrogen-bond acceptors (Lipinski definition) is 12. The molecule has 2 fully saturated rings. The Bertz CT molecular complexity index is 1470. The van der Waals surface area contributed by atoms with Crippen molar-refractivity contribution in [3.05, 3.63) is 72.8 Å². The first-order valence-corrected chi connectivity index (χ1v) is 19.8. The van der Waals surface area contributed by atoms with Gasteiger partial charge in [0.2, 0.25) is 11.7 Å². The summed E-state index contributed by atoms with van der Waals surface area (Å²) in [5, 5.41) is 6.25. The highest BCUT2D eigenvalue weighted by atomic mass is 32.2. The molecule has 2 aromatic carbocycles. The van der Waals surface area contributed by atoms with Crippen molar-refractivity contribution < 1.29 is 35.9 Å². The maximum absolute atomic E-state index is 13.1. The van der Waals surface area contributed by atoms with Crippen LogP contribution in [0.2, 0.25) is 0 Å². The fraction of sp³-hybridized carbons (Fsp3) is 0.529. The molecule has 0 aliphatic carbocycles. The monoisotopic (exact) mass is 704 g/mol. The van der Waals surface area contributed by atoms with E-state index in [1.54, 1.807) is 74.5 Å². The second-order valence-corrected chi connectivity index (χ2v) is 16.6. The number of esters is 2. The maximum atomic E-state index is 13.1. The molecular weight excluding hydrogens is 657 g/mol. The molecule has 2 aromatic rings. The van der Waals surface area contributed by atoms with Gasteiger partial charge in [0.25, 0.3) is 0 Å². The minimum absolute atomic E-state index is 0.0309. The summed E-state index contributed by atoms with van der Waals surface area (Å²) in [4.78, 5) is 30.5. The maximum Gasteiger partial charge on any atom is 0.333 e. The van der Waals surface area contributed by atoms with E-state index in [0.29, 0.717) is 26.2 Å². The van der Waals surface area contributed by atoms with E-state index in [1.807, 2.05) is 9.80 Å². The number of nitrogens with zero attached hydrogens (tertiary/aromatic N) is 2. The van der Waals surface area contributed by atoms with E-state index in [2.05, 4.69) is 10.6 Å². The van der Waals surface area contributed by atoms with Crippen LogP contribution in [0.1, 0.15) is 52.4 Å². The average molecular weight is 705 g/mol. The van der Waals surface area contributed by atoms with Crippen molar-refractivity contribution in [2.24, 2.45) is 0 Å². The van der Waals surface area contributed by atoms with E-state index in [4.69, 9.17) is 9.47 Å². The van der Waals surface area contributed by atoms with E-state index in [9.17, 15) is 26.4 Å². The third-order valence-electron chi connectivity index (χ3n) is 8.73. The van der Waals surface area contributed by atoms with Crippen LogP contribution >= 0.6 is 0 Å². The topological polar surface area (TPSA) is 151 Å². The number of rotatable bonds is 16. The molecule has 0 radical (unpaired) electrons. The molecule has 2 heterocycles. The molecule has 2 saturated heterocycles. The quantitative estimate of drug-likeness (QED) is 0.150. The van der Waals surface area contributed by atoms with Gasteiger partial charge in [-0.1, -0.05) is 49.2 Å². The molecule has 48 heavy (non-hydrogen) atoms. The Labute approximate surface area is 284 Å². The Morgan fingerprint density at radius 2 is 0.958 bits per heavy atom. The molecule has 2 aliphatic heterocycles. The zero-order valence-electron chi connectivity index (χ0n) is 27.8. The lowest BCUT2D eigenvalue weighted by molar-refractivity contribution is -0.189. The molecule has 264 valence electrons. The van der Waals surface area contributed by atoms with Gasteiger partial charge in [-0.2, -0.15) is 0 Å². The number of likely N-dealkylation sites (tertiary alicyclic amines) is 2. The average Bonchev–Trinajstić information content (AvgIpc) is 3.09. The fourth-order valence-electron chi connectivity index (χ4n) is 5.99. The minimum Gasteiger partial charge on any atom is -0.427 e. The first kappa shape index (κ1) is 37.7. The molecule has 0 spiro atoms. The van der Waals surface area contributed by atoms with Gasteiger partial charge >= 0.3 is 11.9 Å². The fourth-order valence-corrected chi connectivity index (χ4v) is 8.34. The van der Waals surface area contributed by atoms with Crippen molar-refractivity contribution in [3.8, 4) is 0 Å². The van der Waals surface area contributed by atoms with E-state index in [0.717, 1.165) is 50.7 Å². The summed E-state index contributed by atoms with van der Waals surface area (Å²) in [6, 6.07) is 16.3. The molecular formula is C34H48N4O8S2. The number of carbonyl (C=O) groups excluding carboxylic acids is 2. The number of ether oxygens (including phenoxy) is 2. The summed E-state index contributed by atoms with van der Waals surface area (Å²) in [5.74, 6) is -4.64. The highest BCUT2D eigenvalue weighted by Crippen LogP contribution is 2.23. The lowest BCUT2D eigenvalue weighted by atomic mass is 10.1. The van der Waals surface area contributed by atoms with E-state index in [1.165, 1.54) is 0 Å². The summed E-state index contributed by atoms with van der Waals surface area (Å²) in [7, 11) is -7.12. The highest BCUT2D eigenvalue weighted by molar-refractivity contribution is 7.91. The molecule has 2 atom stereocenters. The number of hydrogen-bond donors (Lipinski definition) is 2. The van der Waals surface area contributed by atoms with Crippen molar-refractivity contribution in [1.29, 1.82) is 0 Å². The summed E-state index contributed by atoms with van der Waals surface area (Å²) in [6.07, 6.45) is 7.64. The standard InChI is InChI=1S/C34H48N4O8S2/c1-33(37-23-11-5-12-24-37,35-21-27-47(41,42)29-15-7-3-8-16-29)45-31(39)19-20-32(40)46-34(2,38-25-13-6-14-26-38)36-22-28-48(43,44)30-17-9-4-10-18-30/h3-4,7-10,15-20,35-36H,5-6,11-14,21-28H2,1-2H3/b20-19-. The second kappa shape index (κ2) is 17.0. The van der Waals surface area contributed by atoms with Crippen LogP contribution in [0.4, 0.5) is 0 Å². The number of sulfone groups is 2. The summed E-state index contributed by atoms with van der Waals surface area (Å²) in [5.41, 5.74) is 0. The zero-order chi connectivity index (χ0) is 34.7. The highest BCUT2D eigenvalue weighted by Gasteiger charge is 2.38. The zero-order valence-corrected chi connectivity index (χ0v) is 29.4. The molecule has 0 bridgehead atoms. The number of piperidine rings is 2. The SMILES string of the molecule is CC(NCCS(=O)(=O)c1ccccc1)(OC(=O)/C=C\C(=O)OC(C)(NCCS(=O)(=O)c1ccccc1)N1CCCCC1)N1CCCCC1. The molecule has 2 aliphatic rings. The molecule has 0 aromatic heterocycles. The second-order valence-electron chi connectivity index (χ2n) is 12.4. The first-order chi connectivity index (χ1) is 22.8. The van der Waals surface area contributed by atoms with Crippen LogP contribution in [0.15, 0.2) is 82.6 Å². The van der Waals surface area contributed by atoms with Crippen molar-refractivity contribution >= 4 is 31.6 Å². The molecule has 4 rings (SSSR count). The van der Waals surface area contributed by atoms with Crippen molar-refractivity contribution in [2.75, 3.05) is 50.8 Å². The molecule has 0 amide bonds. The largest absolute Gasteiger partial charge is 0.427 e. The Morgan fingerprint density at radius 1 is 0.625 bits per heavy atom. The first-order valence-electron chi connectivity index (χ1n) is 16.5. The Morgan fingerprint density at radius 3 is 1.29 bits per heavy atom. The predicted molar refractivity (Wildman–Crippen MR) is 182 cm³/mol. The van der Waals surface area contributed by atoms with Gasteiger partial charge in [0.1, 0.15) is 0 Å². The van der Waals surface area contributed by atoms with Gasteiger partial charge in [-0.25, -0.2) is 26.4 Å². The van der Waals surface area contributed by atoms with Gasteiger partial charge < -0.3 is 9.47 Å². The summed E-state index contributed by atoms with van der Waals surface area (Å²) >= 11 is 0. The lowest BCUT2D eigenvalue weighted by Crippen LogP contribution is -2.61. The van der Waals surface area contributed by atoms with E-state index in [-0.39, 0.29) is 34.4 Å². The van der Waals surface area contributed by atoms with Crippen LogP contribution in [0.3, 0.4) is 0 Å². The van der Waals surface area contributed by atoms with Crippen molar-refractivity contribution in [3.63, 3.8) is 0 Å². The third kappa shape index (κ3) is 10.7. The van der Waals surface area contributed by atoms with Gasteiger partial charge in [0, 0.05) is 65.3 Å². The summed E-state index contributed by atoms with van der Waals surface area (Å²) in [6.45, 7) is 6.01. The van der Waals surface area contributed by atoms with Crippen LogP contribution < -0.4 is 10.6 Å². The normalized spacial score (nSPS) is 19.3. The minimum atomic E-state index is -3.56. The predicted octanol–water partition coefficient (Wildman–Crippen LogP) is 3.08. The van der Waals surface area contributed by atoms with Crippen LogP contribution in [-0.4, -0.2) is 101 Å². The molecule has 12 nitrogen and oxygen atoms in total. The van der Waals surface area contributed by atoms with E-state index < -0.39 is 43.3 Å². The van der Waals surface area contributed by atoms with Gasteiger partial charge in [0.15, 0.2) is 19.7 Å². The number of nitrogens with one attached hydrogen (secondary N) is 2. The Kier molecular flexibility index (Phi) is 13.3.